The van der Waals surface area contributed by atoms with Gasteiger partial charge in [-0.2, -0.15) is 0 Å². The van der Waals surface area contributed by atoms with E-state index in [9.17, 15) is 4.79 Å². The number of imidazole rings is 1. The van der Waals surface area contributed by atoms with Crippen LogP contribution >= 0.6 is 12.4 Å². The summed E-state index contributed by atoms with van der Waals surface area (Å²) < 4.78 is 6.84. The number of rotatable bonds is 6. The normalized spacial score (nSPS) is 14.4. The fourth-order valence-electron chi connectivity index (χ4n) is 2.55. The molecule has 3 N–H and O–H groups in total. The molecule has 0 spiro atoms. The SMILES string of the molecule is Cl.Nc1ncc(CCCc2cn(CC(=O)N3CCOCC3)nn2)[nH]1. The molecule has 0 aromatic carbocycles. The van der Waals surface area contributed by atoms with Gasteiger partial charge in [0.2, 0.25) is 5.91 Å². The number of nitrogens with zero attached hydrogens (tertiary/aromatic N) is 5. The molecule has 132 valence electrons. The Labute approximate surface area is 146 Å². The highest BCUT2D eigenvalue weighted by Gasteiger charge is 2.17. The van der Waals surface area contributed by atoms with Crippen molar-refractivity contribution in [2.45, 2.75) is 25.8 Å². The minimum atomic E-state index is 0. The lowest BCUT2D eigenvalue weighted by Crippen LogP contribution is -2.42. The summed E-state index contributed by atoms with van der Waals surface area (Å²) in [5.41, 5.74) is 7.43. The molecule has 24 heavy (non-hydrogen) atoms. The molecule has 0 radical (unpaired) electrons. The first kappa shape index (κ1) is 18.2. The fourth-order valence-corrected chi connectivity index (χ4v) is 2.55. The third kappa shape index (κ3) is 4.93. The second-order valence-corrected chi connectivity index (χ2v) is 5.55. The maximum absolute atomic E-state index is 12.1. The molecule has 2 aromatic heterocycles. The summed E-state index contributed by atoms with van der Waals surface area (Å²) in [6.07, 6.45) is 6.14. The number of anilines is 1. The van der Waals surface area contributed by atoms with Gasteiger partial charge in [-0.25, -0.2) is 9.67 Å². The number of nitrogens with two attached hydrogens (primary N) is 1. The van der Waals surface area contributed by atoms with Crippen molar-refractivity contribution in [1.29, 1.82) is 0 Å². The molecule has 0 saturated carbocycles. The topological polar surface area (TPSA) is 115 Å². The van der Waals surface area contributed by atoms with E-state index in [2.05, 4.69) is 20.3 Å². The van der Waals surface area contributed by atoms with Crippen molar-refractivity contribution in [3.63, 3.8) is 0 Å². The van der Waals surface area contributed by atoms with Gasteiger partial charge in [0.05, 0.1) is 25.1 Å². The van der Waals surface area contributed by atoms with E-state index in [4.69, 9.17) is 10.5 Å². The molecule has 0 aliphatic carbocycles. The van der Waals surface area contributed by atoms with Crippen LogP contribution in [-0.4, -0.2) is 62.1 Å². The number of amides is 1. The van der Waals surface area contributed by atoms with Crippen molar-refractivity contribution < 1.29 is 9.53 Å². The zero-order valence-corrected chi connectivity index (χ0v) is 14.2. The number of morpholine rings is 1. The minimum absolute atomic E-state index is 0. The maximum Gasteiger partial charge on any atom is 0.244 e. The van der Waals surface area contributed by atoms with E-state index in [0.29, 0.717) is 32.3 Å². The van der Waals surface area contributed by atoms with E-state index >= 15 is 0 Å². The van der Waals surface area contributed by atoms with Crippen LogP contribution in [0.3, 0.4) is 0 Å². The van der Waals surface area contributed by atoms with Crippen molar-refractivity contribution in [3.8, 4) is 0 Å². The summed E-state index contributed by atoms with van der Waals surface area (Å²) in [5, 5.41) is 8.15. The van der Waals surface area contributed by atoms with Gasteiger partial charge in [0.25, 0.3) is 0 Å². The van der Waals surface area contributed by atoms with Crippen molar-refractivity contribution in [1.82, 2.24) is 29.9 Å². The molecule has 1 aliphatic rings. The summed E-state index contributed by atoms with van der Waals surface area (Å²) in [6.45, 7) is 2.73. The van der Waals surface area contributed by atoms with E-state index < -0.39 is 0 Å². The minimum Gasteiger partial charge on any atom is -0.378 e. The van der Waals surface area contributed by atoms with Crippen LogP contribution in [0.25, 0.3) is 0 Å². The molecule has 1 amide bonds. The van der Waals surface area contributed by atoms with Crippen molar-refractivity contribution in [2.24, 2.45) is 0 Å². The van der Waals surface area contributed by atoms with Gasteiger partial charge in [-0.05, 0) is 19.3 Å². The Morgan fingerprint density at radius 2 is 2.12 bits per heavy atom. The van der Waals surface area contributed by atoms with Crippen LogP contribution in [0.15, 0.2) is 12.4 Å². The van der Waals surface area contributed by atoms with Gasteiger partial charge < -0.3 is 20.4 Å². The van der Waals surface area contributed by atoms with E-state index in [0.717, 1.165) is 30.7 Å². The van der Waals surface area contributed by atoms with E-state index in [1.54, 1.807) is 15.8 Å². The van der Waals surface area contributed by atoms with E-state index in [-0.39, 0.29) is 24.9 Å². The van der Waals surface area contributed by atoms with Crippen molar-refractivity contribution in [2.75, 3.05) is 32.0 Å². The summed E-state index contributed by atoms with van der Waals surface area (Å²) in [6, 6.07) is 0. The smallest absolute Gasteiger partial charge is 0.244 e. The number of halogens is 1. The highest BCUT2D eigenvalue weighted by atomic mass is 35.5. The molecule has 1 aliphatic heterocycles. The number of hydrogen-bond donors (Lipinski definition) is 2. The van der Waals surface area contributed by atoms with Gasteiger partial charge in [0, 0.05) is 25.0 Å². The number of aryl methyl sites for hydroxylation is 2. The molecule has 1 saturated heterocycles. The van der Waals surface area contributed by atoms with Gasteiger partial charge >= 0.3 is 0 Å². The zero-order chi connectivity index (χ0) is 16.1. The predicted molar refractivity (Wildman–Crippen MR) is 89.7 cm³/mol. The van der Waals surface area contributed by atoms with E-state index in [1.165, 1.54) is 0 Å². The molecule has 9 nitrogen and oxygen atoms in total. The number of carbonyl (C=O) groups is 1. The lowest BCUT2D eigenvalue weighted by Gasteiger charge is -2.26. The van der Waals surface area contributed by atoms with Gasteiger partial charge in [-0.1, -0.05) is 5.21 Å². The Hall–Kier alpha value is -2.13. The van der Waals surface area contributed by atoms with Crippen molar-refractivity contribution >= 4 is 24.3 Å². The van der Waals surface area contributed by atoms with Gasteiger partial charge in [-0.3, -0.25) is 4.79 Å². The monoisotopic (exact) mass is 355 g/mol. The number of ether oxygens (including phenoxy) is 1. The van der Waals surface area contributed by atoms with E-state index in [1.807, 2.05) is 6.20 Å². The maximum atomic E-state index is 12.1. The van der Waals surface area contributed by atoms with Crippen LogP contribution < -0.4 is 5.73 Å². The molecule has 3 heterocycles. The number of H-pyrrole nitrogens is 1. The molecule has 0 atom stereocenters. The number of nitrogen functional groups attached to an aromatic ring is 1. The van der Waals surface area contributed by atoms with Crippen LogP contribution in [-0.2, 0) is 28.9 Å². The number of nitrogens with one attached hydrogen (secondary N) is 1. The molecule has 2 aromatic rings. The third-order valence-electron chi connectivity index (χ3n) is 3.77. The standard InChI is InChI=1S/C14H21N7O2.ClH/c15-14-16-8-11(17-14)2-1-3-12-9-21(19-18-12)10-13(22)20-4-6-23-7-5-20;/h8-9H,1-7,10H2,(H3,15,16,17);1H. The average Bonchev–Trinajstić information content (AvgIpc) is 3.17. The summed E-state index contributed by atoms with van der Waals surface area (Å²) in [5.74, 6) is 0.491. The Morgan fingerprint density at radius 1 is 1.33 bits per heavy atom. The molecule has 0 unspecified atom stereocenters. The van der Waals surface area contributed by atoms with Crippen LogP contribution in [0, 0.1) is 0 Å². The molecular weight excluding hydrogens is 334 g/mol. The number of aromatic amines is 1. The zero-order valence-electron chi connectivity index (χ0n) is 13.3. The Bertz CT molecular complexity index is 651. The summed E-state index contributed by atoms with van der Waals surface area (Å²) in [4.78, 5) is 20.9. The second kappa shape index (κ2) is 8.65. The lowest BCUT2D eigenvalue weighted by molar-refractivity contribution is -0.136. The van der Waals surface area contributed by atoms with Gasteiger partial charge in [0.1, 0.15) is 6.54 Å². The highest BCUT2D eigenvalue weighted by Crippen LogP contribution is 2.06. The highest BCUT2D eigenvalue weighted by molar-refractivity contribution is 5.85. The quantitative estimate of drug-likeness (QED) is 0.756. The summed E-state index contributed by atoms with van der Waals surface area (Å²) in [7, 11) is 0. The second-order valence-electron chi connectivity index (χ2n) is 5.55. The first-order valence-corrected chi connectivity index (χ1v) is 7.74. The van der Waals surface area contributed by atoms with Gasteiger partial charge in [0.15, 0.2) is 5.95 Å². The number of aromatic nitrogens is 5. The first-order chi connectivity index (χ1) is 11.2. The average molecular weight is 356 g/mol. The third-order valence-corrected chi connectivity index (χ3v) is 3.77. The van der Waals surface area contributed by atoms with Crippen molar-refractivity contribution in [3.05, 3.63) is 23.8 Å². The van der Waals surface area contributed by atoms with Crippen LogP contribution in [0.4, 0.5) is 5.95 Å². The number of carbonyl (C=O) groups excluding carboxylic acids is 1. The summed E-state index contributed by atoms with van der Waals surface area (Å²) >= 11 is 0. The molecule has 3 rings (SSSR count). The molecule has 1 fully saturated rings. The van der Waals surface area contributed by atoms with Crippen LogP contribution in [0.2, 0.25) is 0 Å². The fraction of sp³-hybridized carbons (Fsp3) is 0.571. The van der Waals surface area contributed by atoms with Crippen LogP contribution in [0.1, 0.15) is 17.8 Å². The molecular formula is C14H22ClN7O2. The number of hydrogen-bond acceptors (Lipinski definition) is 6. The molecule has 0 bridgehead atoms. The lowest BCUT2D eigenvalue weighted by atomic mass is 10.2. The Morgan fingerprint density at radius 3 is 2.83 bits per heavy atom. The van der Waals surface area contributed by atoms with Crippen LogP contribution in [0.5, 0.6) is 0 Å². The molecule has 10 heteroatoms. The predicted octanol–water partition coefficient (Wildman–Crippen LogP) is 0.0393. The Kier molecular flexibility index (Phi) is 6.56. The van der Waals surface area contributed by atoms with Gasteiger partial charge in [-0.15, -0.1) is 17.5 Å². The largest absolute Gasteiger partial charge is 0.378 e. The Balaban J connectivity index is 0.00000208. The first-order valence-electron chi connectivity index (χ1n) is 7.74.